The van der Waals surface area contributed by atoms with E-state index in [1.165, 1.54) is 4.90 Å². The Morgan fingerprint density at radius 3 is 2.07 bits per heavy atom. The van der Waals surface area contributed by atoms with Crippen LogP contribution in [-0.2, 0) is 45.7 Å². The van der Waals surface area contributed by atoms with Crippen LogP contribution in [0.4, 0.5) is 0 Å². The highest BCUT2D eigenvalue weighted by Gasteiger charge is 2.33. The molecule has 0 aromatic heterocycles. The van der Waals surface area contributed by atoms with E-state index in [2.05, 4.69) is 5.32 Å². The number of hydrogen-bond donors (Lipinski definition) is 1. The Hall–Kier alpha value is -4.87. The van der Waals surface area contributed by atoms with Crippen LogP contribution in [0.1, 0.15) is 22.3 Å². The number of fused-ring (bicyclic) bond motifs is 1. The lowest BCUT2D eigenvalue weighted by atomic mass is 10.0. The van der Waals surface area contributed by atoms with Crippen LogP contribution < -0.4 is 19.5 Å². The quantitative estimate of drug-likeness (QED) is 0.220. The Labute approximate surface area is 269 Å². The predicted molar refractivity (Wildman–Crippen MR) is 174 cm³/mol. The molecule has 1 atom stereocenters. The third-order valence-electron chi connectivity index (χ3n) is 7.67. The van der Waals surface area contributed by atoms with Crippen LogP contribution >= 0.6 is 0 Å². The monoisotopic (exact) mass is 643 g/mol. The Bertz CT molecular complexity index is 1730. The molecule has 1 aliphatic rings. The third-order valence-corrected chi connectivity index (χ3v) is 8.87. The van der Waals surface area contributed by atoms with Gasteiger partial charge in [0, 0.05) is 26.1 Å². The lowest BCUT2D eigenvalue weighted by Crippen LogP contribution is -2.53. The average Bonchev–Trinajstić information content (AvgIpc) is 3.54. The second kappa shape index (κ2) is 14.9. The molecule has 0 unspecified atom stereocenters. The molecule has 0 radical (unpaired) electrons. The van der Waals surface area contributed by atoms with Crippen LogP contribution in [0.25, 0.3) is 0 Å². The first-order valence-electron chi connectivity index (χ1n) is 14.8. The summed E-state index contributed by atoms with van der Waals surface area (Å²) in [5, 5.41) is 2.99. The Morgan fingerprint density at radius 2 is 1.41 bits per heavy atom. The fraction of sp³-hybridized carbons (Fsp3) is 0.257. The maximum Gasteiger partial charge on any atom is 0.243 e. The molecule has 0 bridgehead atoms. The normalized spacial score (nSPS) is 12.8. The van der Waals surface area contributed by atoms with Gasteiger partial charge in [-0.1, -0.05) is 78.9 Å². The summed E-state index contributed by atoms with van der Waals surface area (Å²) in [7, 11) is -2.22. The van der Waals surface area contributed by atoms with Crippen molar-refractivity contribution in [3.63, 3.8) is 0 Å². The predicted octanol–water partition coefficient (Wildman–Crippen LogP) is 4.14. The van der Waals surface area contributed by atoms with Crippen molar-refractivity contribution >= 4 is 21.8 Å². The van der Waals surface area contributed by atoms with E-state index in [-0.39, 0.29) is 38.8 Å². The molecule has 0 saturated heterocycles. The minimum Gasteiger partial charge on any atom is -0.497 e. The summed E-state index contributed by atoms with van der Waals surface area (Å²) in [5.41, 5.74) is 3.15. The Kier molecular flexibility index (Phi) is 10.6. The molecular weight excluding hydrogens is 606 g/mol. The molecule has 11 heteroatoms. The van der Waals surface area contributed by atoms with Crippen LogP contribution in [0, 0.1) is 0 Å². The zero-order valence-corrected chi connectivity index (χ0v) is 26.6. The van der Waals surface area contributed by atoms with Crippen LogP contribution in [0.5, 0.6) is 17.2 Å². The lowest BCUT2D eigenvalue weighted by molar-refractivity contribution is -0.141. The summed E-state index contributed by atoms with van der Waals surface area (Å²) in [5.74, 6) is 1.01. The van der Waals surface area contributed by atoms with Gasteiger partial charge in [-0.25, -0.2) is 8.42 Å². The standard InChI is InChI=1S/C35H37N3O7S/c1-43-30-16-13-28(14-17-30)23-38(34(39)24-37(46(2,41)42)22-27-11-7-4-8-12-27)31(19-26-9-5-3-6-10-26)35(40)36-21-29-15-18-32-33(20-29)45-25-44-32/h3-18,20,31H,19,21-25H2,1-2H3,(H,36,40)/t31-/m0/s1. The van der Waals surface area contributed by atoms with Gasteiger partial charge in [0.25, 0.3) is 0 Å². The second-order valence-corrected chi connectivity index (χ2v) is 13.0. The molecule has 240 valence electrons. The summed E-state index contributed by atoms with van der Waals surface area (Å²) in [6.45, 7) is -0.0247. The molecule has 46 heavy (non-hydrogen) atoms. The minimum atomic E-state index is -3.78. The largest absolute Gasteiger partial charge is 0.497 e. The first kappa shape index (κ1) is 32.5. The number of hydrogen-bond acceptors (Lipinski definition) is 7. The number of carbonyl (C=O) groups excluding carboxylic acids is 2. The number of sulfonamides is 1. The summed E-state index contributed by atoms with van der Waals surface area (Å²) in [6.07, 6.45) is 1.30. The van der Waals surface area contributed by atoms with Gasteiger partial charge in [-0.05, 0) is 46.5 Å². The highest BCUT2D eigenvalue weighted by atomic mass is 32.2. The molecule has 0 spiro atoms. The molecule has 1 heterocycles. The molecule has 1 aliphatic heterocycles. The van der Waals surface area contributed by atoms with Crippen molar-refractivity contribution in [1.29, 1.82) is 0 Å². The van der Waals surface area contributed by atoms with E-state index in [9.17, 15) is 18.0 Å². The van der Waals surface area contributed by atoms with Crippen molar-refractivity contribution in [2.75, 3.05) is 26.7 Å². The molecule has 0 saturated carbocycles. The second-order valence-electron chi connectivity index (χ2n) is 11.0. The van der Waals surface area contributed by atoms with Gasteiger partial charge in [0.1, 0.15) is 11.8 Å². The number of nitrogens with zero attached hydrogens (tertiary/aromatic N) is 2. The fourth-order valence-electron chi connectivity index (χ4n) is 5.16. The highest BCUT2D eigenvalue weighted by Crippen LogP contribution is 2.32. The number of methoxy groups -OCH3 is 1. The molecule has 1 N–H and O–H groups in total. The molecule has 10 nitrogen and oxygen atoms in total. The van der Waals surface area contributed by atoms with Crippen LogP contribution in [0.3, 0.4) is 0 Å². The molecule has 5 rings (SSSR count). The number of nitrogens with one attached hydrogen (secondary N) is 1. The van der Waals surface area contributed by atoms with E-state index >= 15 is 0 Å². The molecule has 0 fully saturated rings. The maximum atomic E-state index is 14.2. The molecule has 2 amide bonds. The van der Waals surface area contributed by atoms with Gasteiger partial charge in [-0.3, -0.25) is 9.59 Å². The SMILES string of the molecule is COc1ccc(CN(C(=O)CN(Cc2ccccc2)S(C)(=O)=O)[C@@H](Cc2ccccc2)C(=O)NCc2ccc3c(c2)OCO3)cc1. The van der Waals surface area contributed by atoms with Gasteiger partial charge >= 0.3 is 0 Å². The van der Waals surface area contributed by atoms with E-state index in [1.54, 1.807) is 37.4 Å². The zero-order chi connectivity index (χ0) is 32.5. The van der Waals surface area contributed by atoms with Gasteiger partial charge in [0.2, 0.25) is 28.6 Å². The van der Waals surface area contributed by atoms with Crippen molar-refractivity contribution in [2.24, 2.45) is 0 Å². The van der Waals surface area contributed by atoms with Crippen molar-refractivity contribution < 1.29 is 32.2 Å². The van der Waals surface area contributed by atoms with Gasteiger partial charge in [-0.2, -0.15) is 4.31 Å². The van der Waals surface area contributed by atoms with Crippen molar-refractivity contribution in [2.45, 2.75) is 32.1 Å². The van der Waals surface area contributed by atoms with E-state index in [4.69, 9.17) is 14.2 Å². The van der Waals surface area contributed by atoms with Crippen LogP contribution in [-0.4, -0.2) is 62.2 Å². The van der Waals surface area contributed by atoms with Crippen LogP contribution in [0.15, 0.2) is 103 Å². The number of benzene rings is 4. The average molecular weight is 644 g/mol. The maximum absolute atomic E-state index is 14.2. The van der Waals surface area contributed by atoms with Gasteiger partial charge in [-0.15, -0.1) is 0 Å². The summed E-state index contributed by atoms with van der Waals surface area (Å²) in [4.78, 5) is 29.8. The van der Waals surface area contributed by atoms with Gasteiger partial charge in [0.15, 0.2) is 11.5 Å². The summed E-state index contributed by atoms with van der Waals surface area (Å²) < 4.78 is 43.1. The third kappa shape index (κ3) is 8.64. The topological polar surface area (TPSA) is 114 Å². The highest BCUT2D eigenvalue weighted by molar-refractivity contribution is 7.88. The number of rotatable bonds is 14. The molecule has 4 aromatic carbocycles. The Balaban J connectivity index is 1.45. The van der Waals surface area contributed by atoms with Crippen molar-refractivity contribution in [3.05, 3.63) is 125 Å². The van der Waals surface area contributed by atoms with E-state index in [1.807, 2.05) is 72.8 Å². The smallest absolute Gasteiger partial charge is 0.243 e. The van der Waals surface area contributed by atoms with E-state index in [0.717, 1.165) is 32.8 Å². The molecule has 4 aromatic rings. The van der Waals surface area contributed by atoms with Gasteiger partial charge < -0.3 is 24.4 Å². The first-order chi connectivity index (χ1) is 22.2. The number of ether oxygens (including phenoxy) is 3. The summed E-state index contributed by atoms with van der Waals surface area (Å²) in [6, 6.07) is 30.2. The number of amides is 2. The van der Waals surface area contributed by atoms with E-state index < -0.39 is 28.5 Å². The molecule has 0 aliphatic carbocycles. The number of carbonyl (C=O) groups is 2. The minimum absolute atomic E-state index is 0.0153. The van der Waals surface area contributed by atoms with Crippen LogP contribution in [0.2, 0.25) is 0 Å². The van der Waals surface area contributed by atoms with Crippen molar-refractivity contribution in [1.82, 2.24) is 14.5 Å². The van der Waals surface area contributed by atoms with Crippen molar-refractivity contribution in [3.8, 4) is 17.2 Å². The first-order valence-corrected chi connectivity index (χ1v) is 16.7. The fourth-order valence-corrected chi connectivity index (χ4v) is 5.89. The van der Waals surface area contributed by atoms with E-state index in [0.29, 0.717) is 17.2 Å². The molecular formula is C35H37N3O7S. The lowest BCUT2D eigenvalue weighted by Gasteiger charge is -2.33. The van der Waals surface area contributed by atoms with Gasteiger partial charge in [0.05, 0.1) is 19.9 Å². The Morgan fingerprint density at radius 1 is 0.804 bits per heavy atom. The zero-order valence-electron chi connectivity index (χ0n) is 25.8. The summed E-state index contributed by atoms with van der Waals surface area (Å²) >= 11 is 0.